The second-order valence-electron chi connectivity index (χ2n) is 4.43. The van der Waals surface area contributed by atoms with Gasteiger partial charge < -0.3 is 11.1 Å². The average Bonchev–Trinajstić information content (AvgIpc) is 1.99. The summed E-state index contributed by atoms with van der Waals surface area (Å²) in [6.45, 7) is 6.02. The van der Waals surface area contributed by atoms with Crippen molar-refractivity contribution in [3.63, 3.8) is 0 Å². The van der Waals surface area contributed by atoms with E-state index in [4.69, 9.17) is 18.0 Å². The number of benzene rings is 1. The van der Waals surface area contributed by atoms with E-state index < -0.39 is 5.82 Å². The molecule has 0 amide bonds. The minimum absolute atomic E-state index is 0.0785. The number of thiocarbonyl (C=S) groups is 1. The molecule has 0 fully saturated rings. The van der Waals surface area contributed by atoms with Crippen LogP contribution < -0.4 is 11.1 Å². The zero-order valence-electron chi connectivity index (χ0n) is 9.10. The molecule has 0 heterocycles. The highest BCUT2D eigenvalue weighted by molar-refractivity contribution is 7.80. The molecule has 2 nitrogen and oxygen atoms in total. The van der Waals surface area contributed by atoms with Gasteiger partial charge in [0.1, 0.15) is 10.8 Å². The molecule has 4 heteroatoms. The first-order valence-corrected chi connectivity index (χ1v) is 5.08. The molecule has 0 aliphatic rings. The summed E-state index contributed by atoms with van der Waals surface area (Å²) < 4.78 is 13.5. The molecule has 0 saturated heterocycles. The lowest BCUT2D eigenvalue weighted by Crippen LogP contribution is -2.26. The van der Waals surface area contributed by atoms with E-state index in [1.807, 2.05) is 20.8 Å². The Hall–Kier alpha value is -1.16. The van der Waals surface area contributed by atoms with Crippen molar-refractivity contribution >= 4 is 22.9 Å². The third kappa shape index (κ3) is 3.47. The zero-order chi connectivity index (χ0) is 11.6. The number of nitrogens with one attached hydrogen (secondary N) is 1. The molecule has 0 aromatic heterocycles. The van der Waals surface area contributed by atoms with Gasteiger partial charge in [0.15, 0.2) is 0 Å². The van der Waals surface area contributed by atoms with Crippen LogP contribution in [0, 0.1) is 5.82 Å². The van der Waals surface area contributed by atoms with Crippen molar-refractivity contribution in [3.8, 4) is 0 Å². The lowest BCUT2D eigenvalue weighted by atomic mass is 10.1. The van der Waals surface area contributed by atoms with Gasteiger partial charge in [-0.1, -0.05) is 12.2 Å². The smallest absolute Gasteiger partial charge is 0.135 e. The predicted octanol–water partition coefficient (Wildman–Crippen LogP) is 2.67. The summed E-state index contributed by atoms with van der Waals surface area (Å²) in [4.78, 5) is 0.0785. The molecule has 0 unspecified atom stereocenters. The van der Waals surface area contributed by atoms with Crippen molar-refractivity contribution < 1.29 is 4.39 Å². The lowest BCUT2D eigenvalue weighted by Gasteiger charge is -2.22. The van der Waals surface area contributed by atoms with Gasteiger partial charge in [-0.05, 0) is 39.0 Å². The SMILES string of the molecule is CC(C)(C)Nc1ccc(C(N)=S)c(F)c1. The monoisotopic (exact) mass is 226 g/mol. The molecule has 1 rings (SSSR count). The largest absolute Gasteiger partial charge is 0.389 e. The standard InChI is InChI=1S/C11H15FN2S/c1-11(2,3)14-7-4-5-8(10(13)15)9(12)6-7/h4-6,14H,1-3H3,(H2,13,15). The van der Waals surface area contributed by atoms with E-state index >= 15 is 0 Å². The third-order valence-corrected chi connectivity index (χ3v) is 1.97. The summed E-state index contributed by atoms with van der Waals surface area (Å²) in [5.74, 6) is -0.392. The highest BCUT2D eigenvalue weighted by Gasteiger charge is 2.11. The van der Waals surface area contributed by atoms with E-state index in [-0.39, 0.29) is 16.1 Å². The molecule has 0 bridgehead atoms. The van der Waals surface area contributed by atoms with Crippen molar-refractivity contribution in [2.45, 2.75) is 26.3 Å². The van der Waals surface area contributed by atoms with Gasteiger partial charge in [-0.25, -0.2) is 4.39 Å². The average molecular weight is 226 g/mol. The van der Waals surface area contributed by atoms with Gasteiger partial charge in [0.05, 0.1) is 0 Å². The van der Waals surface area contributed by atoms with E-state index in [0.717, 1.165) is 5.69 Å². The molecule has 0 atom stereocenters. The van der Waals surface area contributed by atoms with Crippen molar-refractivity contribution in [2.24, 2.45) is 5.73 Å². The molecular weight excluding hydrogens is 211 g/mol. The predicted molar refractivity (Wildman–Crippen MR) is 65.7 cm³/mol. The zero-order valence-corrected chi connectivity index (χ0v) is 9.91. The normalized spacial score (nSPS) is 11.2. The first-order valence-electron chi connectivity index (χ1n) is 4.67. The Kier molecular flexibility index (Phi) is 3.29. The van der Waals surface area contributed by atoms with Crippen molar-refractivity contribution in [2.75, 3.05) is 5.32 Å². The molecule has 0 saturated carbocycles. The van der Waals surface area contributed by atoms with Crippen LogP contribution in [-0.4, -0.2) is 10.5 Å². The van der Waals surface area contributed by atoms with Gasteiger partial charge >= 0.3 is 0 Å². The maximum Gasteiger partial charge on any atom is 0.135 e. The Morgan fingerprint density at radius 3 is 2.40 bits per heavy atom. The summed E-state index contributed by atoms with van der Waals surface area (Å²) in [7, 11) is 0. The van der Waals surface area contributed by atoms with E-state index in [1.54, 1.807) is 12.1 Å². The van der Waals surface area contributed by atoms with Crippen LogP contribution in [0.25, 0.3) is 0 Å². The number of halogens is 1. The van der Waals surface area contributed by atoms with E-state index in [1.165, 1.54) is 6.07 Å². The van der Waals surface area contributed by atoms with Gasteiger partial charge in [0.2, 0.25) is 0 Å². The Labute approximate surface area is 94.7 Å². The molecule has 1 aromatic rings. The number of hydrogen-bond acceptors (Lipinski definition) is 2. The Morgan fingerprint density at radius 2 is 2.00 bits per heavy atom. The number of hydrogen-bond donors (Lipinski definition) is 2. The summed E-state index contributed by atoms with van der Waals surface area (Å²) in [6, 6.07) is 4.76. The van der Waals surface area contributed by atoms with Crippen LogP contribution in [0.2, 0.25) is 0 Å². The fraction of sp³-hybridized carbons (Fsp3) is 0.364. The van der Waals surface area contributed by atoms with E-state index in [9.17, 15) is 4.39 Å². The quantitative estimate of drug-likeness (QED) is 0.761. The van der Waals surface area contributed by atoms with E-state index in [2.05, 4.69) is 5.32 Å². The molecule has 0 spiro atoms. The number of anilines is 1. The van der Waals surface area contributed by atoms with Crippen LogP contribution in [-0.2, 0) is 0 Å². The van der Waals surface area contributed by atoms with Crippen LogP contribution in [0.15, 0.2) is 18.2 Å². The van der Waals surface area contributed by atoms with Gasteiger partial charge in [-0.15, -0.1) is 0 Å². The molecular formula is C11H15FN2S. The maximum absolute atomic E-state index is 13.5. The second-order valence-corrected chi connectivity index (χ2v) is 4.87. The van der Waals surface area contributed by atoms with Crippen LogP contribution in [0.3, 0.4) is 0 Å². The van der Waals surface area contributed by atoms with Gasteiger partial charge in [-0.2, -0.15) is 0 Å². The lowest BCUT2D eigenvalue weighted by molar-refractivity contribution is 0.617. The molecule has 0 radical (unpaired) electrons. The second kappa shape index (κ2) is 4.14. The number of nitrogens with two attached hydrogens (primary N) is 1. The van der Waals surface area contributed by atoms with E-state index in [0.29, 0.717) is 0 Å². The fourth-order valence-electron chi connectivity index (χ4n) is 1.23. The van der Waals surface area contributed by atoms with Crippen molar-refractivity contribution in [1.29, 1.82) is 0 Å². The van der Waals surface area contributed by atoms with Crippen LogP contribution in [0.1, 0.15) is 26.3 Å². The molecule has 15 heavy (non-hydrogen) atoms. The highest BCUT2D eigenvalue weighted by atomic mass is 32.1. The molecule has 1 aromatic carbocycles. The minimum atomic E-state index is -0.392. The highest BCUT2D eigenvalue weighted by Crippen LogP contribution is 2.18. The van der Waals surface area contributed by atoms with Crippen molar-refractivity contribution in [3.05, 3.63) is 29.6 Å². The Morgan fingerprint density at radius 1 is 1.40 bits per heavy atom. The molecule has 0 aliphatic heterocycles. The van der Waals surface area contributed by atoms with Gasteiger partial charge in [0, 0.05) is 16.8 Å². The summed E-state index contributed by atoms with van der Waals surface area (Å²) in [5, 5.41) is 3.16. The third-order valence-electron chi connectivity index (χ3n) is 1.75. The van der Waals surface area contributed by atoms with Crippen LogP contribution in [0.4, 0.5) is 10.1 Å². The topological polar surface area (TPSA) is 38.0 Å². The first-order chi connectivity index (χ1) is 6.79. The summed E-state index contributed by atoms with van der Waals surface area (Å²) >= 11 is 4.72. The Bertz CT molecular complexity index is 383. The van der Waals surface area contributed by atoms with Crippen LogP contribution in [0.5, 0.6) is 0 Å². The summed E-state index contributed by atoms with van der Waals surface area (Å²) in [6.07, 6.45) is 0. The van der Waals surface area contributed by atoms with Gasteiger partial charge in [-0.3, -0.25) is 0 Å². The molecule has 82 valence electrons. The first kappa shape index (κ1) is 11.9. The molecule has 3 N–H and O–H groups in total. The minimum Gasteiger partial charge on any atom is -0.389 e. The van der Waals surface area contributed by atoms with Crippen molar-refractivity contribution in [1.82, 2.24) is 0 Å². The Balaban J connectivity index is 2.97. The van der Waals surface area contributed by atoms with Crippen LogP contribution >= 0.6 is 12.2 Å². The number of rotatable bonds is 2. The molecule has 0 aliphatic carbocycles. The van der Waals surface area contributed by atoms with Gasteiger partial charge in [0.25, 0.3) is 0 Å². The fourth-order valence-corrected chi connectivity index (χ4v) is 1.39. The maximum atomic E-state index is 13.5. The summed E-state index contributed by atoms with van der Waals surface area (Å²) in [5.41, 5.74) is 6.27.